The Morgan fingerprint density at radius 1 is 1.11 bits per heavy atom. The first-order chi connectivity index (χ1) is 17.1. The third-order valence-corrected chi connectivity index (χ3v) is 6.21. The summed E-state index contributed by atoms with van der Waals surface area (Å²) in [6.45, 7) is 1.67. The Hall–Kier alpha value is -3.69. The van der Waals surface area contributed by atoms with Gasteiger partial charge in [-0.05, 0) is 24.1 Å². The zero-order valence-corrected chi connectivity index (χ0v) is 20.1. The molecule has 0 aliphatic carbocycles. The van der Waals surface area contributed by atoms with Crippen molar-refractivity contribution in [1.29, 1.82) is 0 Å². The van der Waals surface area contributed by atoms with E-state index in [2.05, 4.69) is 10.1 Å². The molecule has 35 heavy (non-hydrogen) atoms. The molecule has 1 saturated heterocycles. The number of hydrogen-bond acceptors (Lipinski definition) is 7. The van der Waals surface area contributed by atoms with Crippen LogP contribution in [0.4, 0.5) is 0 Å². The first-order valence-electron chi connectivity index (χ1n) is 11.5. The van der Waals surface area contributed by atoms with Gasteiger partial charge in [0.25, 0.3) is 0 Å². The lowest BCUT2D eigenvalue weighted by Crippen LogP contribution is -2.29. The Bertz CT molecular complexity index is 1330. The van der Waals surface area contributed by atoms with Gasteiger partial charge in [-0.1, -0.05) is 6.07 Å². The minimum absolute atomic E-state index is 0.0592. The van der Waals surface area contributed by atoms with Crippen molar-refractivity contribution in [2.24, 2.45) is 7.05 Å². The highest BCUT2D eigenvalue weighted by atomic mass is 16.6. The fourth-order valence-corrected chi connectivity index (χ4v) is 4.40. The predicted octanol–water partition coefficient (Wildman–Crippen LogP) is 3.82. The topological polar surface area (TPSA) is 89.6 Å². The van der Waals surface area contributed by atoms with Gasteiger partial charge in [0, 0.05) is 37.4 Å². The number of Topliss-reactive ketones (excluding diaryl/α,β-unsaturated/α-hetero) is 1. The van der Waals surface area contributed by atoms with E-state index in [4.69, 9.17) is 18.9 Å². The minimum atomic E-state index is -0.0714. The number of fused-ring (bicyclic) bond motifs is 1. The average Bonchev–Trinajstić information content (AvgIpc) is 3.52. The number of nitrogens with zero attached hydrogens (tertiary/aromatic N) is 4. The molecule has 1 atom stereocenters. The second-order valence-corrected chi connectivity index (χ2v) is 8.48. The molecule has 4 aromatic rings. The van der Waals surface area contributed by atoms with Gasteiger partial charge in [-0.15, -0.1) is 0 Å². The van der Waals surface area contributed by atoms with Gasteiger partial charge >= 0.3 is 0 Å². The monoisotopic (exact) mass is 476 g/mol. The lowest BCUT2D eigenvalue weighted by atomic mass is 10.0. The van der Waals surface area contributed by atoms with Gasteiger partial charge in [-0.25, -0.2) is 4.98 Å². The number of hydrogen-bond donors (Lipinski definition) is 0. The molecule has 9 nitrogen and oxygen atoms in total. The molecule has 0 unspecified atom stereocenters. The molecule has 0 amide bonds. The standard InChI is InChI=1S/C26H28N4O5/c1-29-14-18(13-28-29)17-4-6-22-21(10-17)27-16-30(22)19-11-24(32-2)26(25(12-19)33-3)23(31)7-5-20-15-34-8-9-35-20/h4,6,10-14,16,20H,5,7-9,15H2,1-3H3/t20-/m1/s1. The summed E-state index contributed by atoms with van der Waals surface area (Å²) in [7, 11) is 5.00. The molecule has 2 aromatic carbocycles. The summed E-state index contributed by atoms with van der Waals surface area (Å²) < 4.78 is 26.1. The first-order valence-corrected chi connectivity index (χ1v) is 11.5. The summed E-state index contributed by atoms with van der Waals surface area (Å²) >= 11 is 0. The van der Waals surface area contributed by atoms with E-state index in [0.717, 1.165) is 27.8 Å². The molecular formula is C26H28N4O5. The van der Waals surface area contributed by atoms with Gasteiger partial charge in [-0.2, -0.15) is 5.10 Å². The minimum Gasteiger partial charge on any atom is -0.496 e. The zero-order chi connectivity index (χ0) is 24.4. The molecule has 3 heterocycles. The van der Waals surface area contributed by atoms with Crippen LogP contribution in [-0.4, -0.2) is 65.3 Å². The predicted molar refractivity (Wildman–Crippen MR) is 130 cm³/mol. The van der Waals surface area contributed by atoms with E-state index in [1.54, 1.807) is 25.2 Å². The van der Waals surface area contributed by atoms with E-state index < -0.39 is 0 Å². The van der Waals surface area contributed by atoms with Crippen LogP contribution in [0.1, 0.15) is 23.2 Å². The quantitative estimate of drug-likeness (QED) is 0.357. The molecule has 1 aliphatic rings. The normalized spacial score (nSPS) is 15.9. The molecule has 5 rings (SSSR count). The number of imidazole rings is 1. The van der Waals surface area contributed by atoms with Crippen molar-refractivity contribution in [2.45, 2.75) is 18.9 Å². The molecule has 182 valence electrons. The van der Waals surface area contributed by atoms with Crippen molar-refractivity contribution >= 4 is 16.8 Å². The van der Waals surface area contributed by atoms with Crippen LogP contribution in [0, 0.1) is 0 Å². The first kappa shape index (κ1) is 23.1. The van der Waals surface area contributed by atoms with E-state index >= 15 is 0 Å². The molecule has 0 spiro atoms. The van der Waals surface area contributed by atoms with Crippen LogP contribution >= 0.6 is 0 Å². The summed E-state index contributed by atoms with van der Waals surface area (Å²) in [6, 6.07) is 9.78. The van der Waals surface area contributed by atoms with E-state index in [9.17, 15) is 4.79 Å². The molecule has 9 heteroatoms. The summed E-state index contributed by atoms with van der Waals surface area (Å²) in [4.78, 5) is 17.7. The van der Waals surface area contributed by atoms with Crippen molar-refractivity contribution in [1.82, 2.24) is 19.3 Å². The number of rotatable bonds is 8. The number of ketones is 1. The van der Waals surface area contributed by atoms with E-state index in [1.807, 2.05) is 54.3 Å². The molecule has 2 aromatic heterocycles. The Labute approximate surface area is 203 Å². The number of aryl methyl sites for hydroxylation is 1. The van der Waals surface area contributed by atoms with Gasteiger partial charge in [0.1, 0.15) is 23.4 Å². The van der Waals surface area contributed by atoms with Crippen LogP contribution in [0.5, 0.6) is 11.5 Å². The molecule has 0 N–H and O–H groups in total. The number of aromatic nitrogens is 4. The maximum absolute atomic E-state index is 13.1. The molecule has 0 saturated carbocycles. The van der Waals surface area contributed by atoms with Gasteiger partial charge in [0.2, 0.25) is 0 Å². The number of carbonyl (C=O) groups is 1. The summed E-state index contributed by atoms with van der Waals surface area (Å²) in [6.07, 6.45) is 6.38. The van der Waals surface area contributed by atoms with Gasteiger partial charge in [0.05, 0.1) is 63.1 Å². The van der Waals surface area contributed by atoms with E-state index in [0.29, 0.717) is 49.7 Å². The maximum Gasteiger partial charge on any atom is 0.170 e. The van der Waals surface area contributed by atoms with Gasteiger partial charge < -0.3 is 18.9 Å². The molecule has 1 fully saturated rings. The van der Waals surface area contributed by atoms with Crippen molar-refractivity contribution in [3.63, 3.8) is 0 Å². The van der Waals surface area contributed by atoms with Crippen LogP contribution < -0.4 is 9.47 Å². The Morgan fingerprint density at radius 2 is 1.91 bits per heavy atom. The molecular weight excluding hydrogens is 448 g/mol. The molecule has 0 radical (unpaired) electrons. The average molecular weight is 477 g/mol. The van der Waals surface area contributed by atoms with Crippen molar-refractivity contribution < 1.29 is 23.7 Å². The van der Waals surface area contributed by atoms with Crippen LogP contribution in [0.3, 0.4) is 0 Å². The van der Waals surface area contributed by atoms with Gasteiger partial charge in [0.15, 0.2) is 5.78 Å². The second kappa shape index (κ2) is 9.89. The Kier molecular flexibility index (Phi) is 6.52. The van der Waals surface area contributed by atoms with Crippen molar-refractivity contribution in [3.05, 3.63) is 54.6 Å². The third-order valence-electron chi connectivity index (χ3n) is 6.21. The Balaban J connectivity index is 1.45. The number of methoxy groups -OCH3 is 2. The number of ether oxygens (including phenoxy) is 4. The van der Waals surface area contributed by atoms with Crippen molar-refractivity contribution in [3.8, 4) is 28.3 Å². The van der Waals surface area contributed by atoms with Crippen LogP contribution in [0.25, 0.3) is 27.8 Å². The smallest absolute Gasteiger partial charge is 0.170 e. The molecule has 0 bridgehead atoms. The van der Waals surface area contributed by atoms with Crippen LogP contribution in [-0.2, 0) is 16.5 Å². The summed E-state index contributed by atoms with van der Waals surface area (Å²) in [5.74, 6) is 0.856. The van der Waals surface area contributed by atoms with Gasteiger partial charge in [-0.3, -0.25) is 14.0 Å². The van der Waals surface area contributed by atoms with E-state index in [1.165, 1.54) is 0 Å². The number of carbonyl (C=O) groups excluding carboxylic acids is 1. The molecule has 1 aliphatic heterocycles. The third kappa shape index (κ3) is 4.65. The largest absolute Gasteiger partial charge is 0.496 e. The zero-order valence-electron chi connectivity index (χ0n) is 20.1. The second-order valence-electron chi connectivity index (χ2n) is 8.48. The van der Waals surface area contributed by atoms with Crippen LogP contribution in [0.2, 0.25) is 0 Å². The lowest BCUT2D eigenvalue weighted by Gasteiger charge is -2.23. The van der Waals surface area contributed by atoms with Crippen molar-refractivity contribution in [2.75, 3.05) is 34.0 Å². The highest BCUT2D eigenvalue weighted by Crippen LogP contribution is 2.35. The highest BCUT2D eigenvalue weighted by molar-refractivity contribution is 6.02. The highest BCUT2D eigenvalue weighted by Gasteiger charge is 2.23. The number of benzene rings is 2. The van der Waals surface area contributed by atoms with Crippen LogP contribution in [0.15, 0.2) is 49.1 Å². The fourth-order valence-electron chi connectivity index (χ4n) is 4.40. The fraction of sp³-hybridized carbons (Fsp3) is 0.346. The lowest BCUT2D eigenvalue weighted by molar-refractivity contribution is -0.0902. The summed E-state index contributed by atoms with van der Waals surface area (Å²) in [5, 5.41) is 4.25. The van der Waals surface area contributed by atoms with E-state index in [-0.39, 0.29) is 11.9 Å². The summed E-state index contributed by atoms with van der Waals surface area (Å²) in [5.41, 5.74) is 5.06. The maximum atomic E-state index is 13.1. The Morgan fingerprint density at radius 3 is 2.57 bits per heavy atom. The SMILES string of the molecule is COc1cc(-n2cnc3cc(-c4cnn(C)c4)ccc32)cc(OC)c1C(=O)CC[C@@H]1COCCO1.